The molecule has 2 nitrogen and oxygen atoms in total. The minimum absolute atomic E-state index is 0.405. The summed E-state index contributed by atoms with van der Waals surface area (Å²) in [5.74, 6) is 1.46. The molecule has 0 radical (unpaired) electrons. The highest BCUT2D eigenvalue weighted by atomic mass is 16.7. The van der Waals surface area contributed by atoms with Crippen LogP contribution >= 0.6 is 0 Å². The fourth-order valence-electron chi connectivity index (χ4n) is 3.90. The van der Waals surface area contributed by atoms with Crippen LogP contribution < -0.4 is 9.47 Å². The molecule has 0 saturated heterocycles. The van der Waals surface area contributed by atoms with E-state index in [1.807, 2.05) is 24.3 Å². The minimum atomic E-state index is -0.405. The standard InChI is InChI=1S/C24H40O2/c1-3-5-7-9-11-13-17-21-24(20-16-12-10-8-6-4-2)25-22-18-14-15-19-23(22)26-24/h14-15,18-19H,3-13,16-17,20-21H2,1-2H3. The number of para-hydroxylation sites is 2. The van der Waals surface area contributed by atoms with Gasteiger partial charge in [-0.3, -0.25) is 0 Å². The van der Waals surface area contributed by atoms with E-state index in [1.165, 1.54) is 83.5 Å². The molecular formula is C24H40O2. The van der Waals surface area contributed by atoms with Crippen molar-refractivity contribution in [3.8, 4) is 11.5 Å². The lowest BCUT2D eigenvalue weighted by Gasteiger charge is -2.28. The summed E-state index contributed by atoms with van der Waals surface area (Å²) < 4.78 is 12.7. The largest absolute Gasteiger partial charge is 0.448 e. The number of unbranched alkanes of at least 4 members (excludes halogenated alkanes) is 11. The first kappa shape index (κ1) is 21.1. The number of hydrogen-bond acceptors (Lipinski definition) is 2. The summed E-state index contributed by atoms with van der Waals surface area (Å²) in [5, 5.41) is 0. The Labute approximate surface area is 161 Å². The number of ether oxygens (including phenoxy) is 2. The van der Waals surface area contributed by atoms with Gasteiger partial charge in [0.1, 0.15) is 0 Å². The Morgan fingerprint density at radius 2 is 0.962 bits per heavy atom. The molecule has 2 rings (SSSR count). The van der Waals surface area contributed by atoms with Crippen molar-refractivity contribution in [2.75, 3.05) is 0 Å². The van der Waals surface area contributed by atoms with Crippen molar-refractivity contribution in [1.82, 2.24) is 0 Å². The predicted molar refractivity (Wildman–Crippen MR) is 111 cm³/mol. The Hall–Kier alpha value is -1.18. The SMILES string of the molecule is CCCCCCCCCC1(CCCCCCCC)Oc2ccccc2O1. The van der Waals surface area contributed by atoms with Gasteiger partial charge in [-0.15, -0.1) is 0 Å². The quantitative estimate of drug-likeness (QED) is 0.295. The fourth-order valence-corrected chi connectivity index (χ4v) is 3.90. The fraction of sp³-hybridized carbons (Fsp3) is 0.750. The van der Waals surface area contributed by atoms with Crippen molar-refractivity contribution in [2.24, 2.45) is 0 Å². The van der Waals surface area contributed by atoms with E-state index in [0.717, 1.165) is 24.3 Å². The molecule has 1 heterocycles. The van der Waals surface area contributed by atoms with Crippen LogP contribution in [-0.4, -0.2) is 5.79 Å². The van der Waals surface area contributed by atoms with E-state index in [1.54, 1.807) is 0 Å². The highest BCUT2D eigenvalue weighted by molar-refractivity contribution is 5.42. The molecule has 0 N–H and O–H groups in total. The van der Waals surface area contributed by atoms with E-state index in [-0.39, 0.29) is 0 Å². The van der Waals surface area contributed by atoms with Gasteiger partial charge in [-0.05, 0) is 25.0 Å². The summed E-state index contributed by atoms with van der Waals surface area (Å²) >= 11 is 0. The van der Waals surface area contributed by atoms with Crippen LogP contribution in [0.25, 0.3) is 0 Å². The van der Waals surface area contributed by atoms with Gasteiger partial charge in [-0.25, -0.2) is 0 Å². The molecule has 0 unspecified atom stereocenters. The van der Waals surface area contributed by atoms with Gasteiger partial charge in [0, 0.05) is 12.8 Å². The Balaban J connectivity index is 1.75. The summed E-state index contributed by atoms with van der Waals surface area (Å²) in [4.78, 5) is 0. The zero-order valence-electron chi connectivity index (χ0n) is 17.2. The number of fused-ring (bicyclic) bond motifs is 1. The molecule has 1 aliphatic heterocycles. The van der Waals surface area contributed by atoms with Crippen LogP contribution in [0.15, 0.2) is 24.3 Å². The summed E-state index contributed by atoms with van der Waals surface area (Å²) in [7, 11) is 0. The second kappa shape index (κ2) is 12.3. The average Bonchev–Trinajstić information content (AvgIpc) is 3.02. The maximum Gasteiger partial charge on any atom is 0.251 e. The normalized spacial score (nSPS) is 14.7. The third kappa shape index (κ3) is 7.21. The molecule has 1 aliphatic rings. The third-order valence-electron chi connectivity index (χ3n) is 5.51. The Morgan fingerprint density at radius 3 is 1.38 bits per heavy atom. The molecule has 2 heteroatoms. The first-order valence-electron chi connectivity index (χ1n) is 11.3. The zero-order chi connectivity index (χ0) is 18.5. The monoisotopic (exact) mass is 360 g/mol. The van der Waals surface area contributed by atoms with Crippen LogP contribution in [0.1, 0.15) is 110 Å². The van der Waals surface area contributed by atoms with E-state index in [4.69, 9.17) is 9.47 Å². The molecular weight excluding hydrogens is 320 g/mol. The smallest absolute Gasteiger partial charge is 0.251 e. The van der Waals surface area contributed by atoms with Crippen molar-refractivity contribution >= 4 is 0 Å². The molecule has 1 aromatic rings. The average molecular weight is 361 g/mol. The van der Waals surface area contributed by atoms with Gasteiger partial charge < -0.3 is 9.47 Å². The van der Waals surface area contributed by atoms with Gasteiger partial charge in [0.05, 0.1) is 0 Å². The van der Waals surface area contributed by atoms with E-state index in [2.05, 4.69) is 13.8 Å². The van der Waals surface area contributed by atoms with Crippen LogP contribution in [0.2, 0.25) is 0 Å². The molecule has 26 heavy (non-hydrogen) atoms. The molecule has 0 saturated carbocycles. The van der Waals surface area contributed by atoms with Crippen molar-refractivity contribution < 1.29 is 9.47 Å². The Morgan fingerprint density at radius 1 is 0.577 bits per heavy atom. The Bertz CT molecular complexity index is 458. The van der Waals surface area contributed by atoms with Gasteiger partial charge in [0.2, 0.25) is 0 Å². The lowest BCUT2D eigenvalue weighted by Crippen LogP contribution is -2.38. The van der Waals surface area contributed by atoms with Crippen molar-refractivity contribution in [1.29, 1.82) is 0 Å². The first-order chi connectivity index (χ1) is 12.8. The van der Waals surface area contributed by atoms with Gasteiger partial charge in [-0.1, -0.05) is 96.6 Å². The molecule has 0 bridgehead atoms. The summed E-state index contributed by atoms with van der Waals surface area (Å²) in [6, 6.07) is 8.17. The highest BCUT2D eigenvalue weighted by Gasteiger charge is 2.40. The third-order valence-corrected chi connectivity index (χ3v) is 5.51. The lowest BCUT2D eigenvalue weighted by atomic mass is 9.99. The van der Waals surface area contributed by atoms with Crippen LogP contribution in [-0.2, 0) is 0 Å². The topological polar surface area (TPSA) is 18.5 Å². The number of benzene rings is 1. The van der Waals surface area contributed by atoms with Gasteiger partial charge in [0.15, 0.2) is 11.5 Å². The maximum absolute atomic E-state index is 6.35. The maximum atomic E-state index is 6.35. The van der Waals surface area contributed by atoms with Gasteiger partial charge >= 0.3 is 0 Å². The van der Waals surface area contributed by atoms with Crippen LogP contribution in [0.5, 0.6) is 11.5 Å². The number of hydrogen-bond donors (Lipinski definition) is 0. The van der Waals surface area contributed by atoms with E-state index in [9.17, 15) is 0 Å². The van der Waals surface area contributed by atoms with E-state index >= 15 is 0 Å². The lowest BCUT2D eigenvalue weighted by molar-refractivity contribution is -0.0949. The molecule has 0 amide bonds. The Kier molecular flexibility index (Phi) is 9.95. The first-order valence-corrected chi connectivity index (χ1v) is 11.3. The van der Waals surface area contributed by atoms with Crippen molar-refractivity contribution in [3.63, 3.8) is 0 Å². The minimum Gasteiger partial charge on any atom is -0.448 e. The molecule has 0 atom stereocenters. The van der Waals surface area contributed by atoms with Gasteiger partial charge in [-0.2, -0.15) is 0 Å². The second-order valence-electron chi connectivity index (χ2n) is 7.95. The summed E-state index contributed by atoms with van der Waals surface area (Å²) in [6.07, 6.45) is 19.2. The molecule has 0 aliphatic carbocycles. The molecule has 148 valence electrons. The molecule has 1 aromatic carbocycles. The van der Waals surface area contributed by atoms with Gasteiger partial charge in [0.25, 0.3) is 5.79 Å². The predicted octanol–water partition coefficient (Wildman–Crippen LogP) is 8.05. The molecule has 0 fully saturated rings. The molecule has 0 spiro atoms. The van der Waals surface area contributed by atoms with Crippen LogP contribution in [0, 0.1) is 0 Å². The van der Waals surface area contributed by atoms with Crippen molar-refractivity contribution in [3.05, 3.63) is 24.3 Å². The molecule has 0 aromatic heterocycles. The van der Waals surface area contributed by atoms with E-state index in [0.29, 0.717) is 0 Å². The second-order valence-corrected chi connectivity index (χ2v) is 7.95. The van der Waals surface area contributed by atoms with Crippen LogP contribution in [0.3, 0.4) is 0 Å². The highest BCUT2D eigenvalue weighted by Crippen LogP contribution is 2.43. The van der Waals surface area contributed by atoms with Crippen LogP contribution in [0.4, 0.5) is 0 Å². The van der Waals surface area contributed by atoms with Crippen molar-refractivity contribution in [2.45, 2.75) is 116 Å². The summed E-state index contributed by atoms with van der Waals surface area (Å²) in [5.41, 5.74) is 0. The summed E-state index contributed by atoms with van der Waals surface area (Å²) in [6.45, 7) is 4.55. The number of rotatable bonds is 15. The zero-order valence-corrected chi connectivity index (χ0v) is 17.2. The van der Waals surface area contributed by atoms with E-state index < -0.39 is 5.79 Å².